The van der Waals surface area contributed by atoms with E-state index < -0.39 is 6.10 Å². The van der Waals surface area contributed by atoms with Crippen LogP contribution < -0.4 is 0 Å². The number of hydrogen-bond acceptors (Lipinski definition) is 6. The van der Waals surface area contributed by atoms with Crippen LogP contribution >= 0.6 is 0 Å². The van der Waals surface area contributed by atoms with Crippen molar-refractivity contribution < 1.29 is 28.6 Å². The molecule has 2 atom stereocenters. The van der Waals surface area contributed by atoms with Gasteiger partial charge in [0.1, 0.15) is 13.2 Å². The van der Waals surface area contributed by atoms with Gasteiger partial charge >= 0.3 is 17.9 Å². The topological polar surface area (TPSA) is 78.9 Å². The Morgan fingerprint density at radius 3 is 0.765 bits per heavy atom. The van der Waals surface area contributed by atoms with Crippen molar-refractivity contribution in [2.75, 3.05) is 13.2 Å². The summed E-state index contributed by atoms with van der Waals surface area (Å²) in [6.07, 6.45) is 56.7. The van der Waals surface area contributed by atoms with Crippen LogP contribution in [0.1, 0.15) is 343 Å². The van der Waals surface area contributed by atoms with Crippen molar-refractivity contribution in [2.45, 2.75) is 349 Å². The summed E-state index contributed by atoms with van der Waals surface area (Å²) in [6.45, 7) is 13.8. The molecule has 0 amide bonds. The molecule has 0 spiro atoms. The molecule has 68 heavy (non-hydrogen) atoms. The number of ether oxygens (including phenoxy) is 3. The fourth-order valence-corrected chi connectivity index (χ4v) is 9.50. The van der Waals surface area contributed by atoms with Crippen molar-refractivity contribution in [3.63, 3.8) is 0 Å². The van der Waals surface area contributed by atoms with Gasteiger partial charge in [0.15, 0.2) is 6.10 Å². The van der Waals surface area contributed by atoms with E-state index in [-0.39, 0.29) is 31.1 Å². The molecule has 0 aromatic heterocycles. The Morgan fingerprint density at radius 2 is 0.515 bits per heavy atom. The molecule has 0 aliphatic carbocycles. The van der Waals surface area contributed by atoms with Crippen molar-refractivity contribution >= 4 is 17.9 Å². The number of carbonyl (C=O) groups is 3. The van der Waals surface area contributed by atoms with Gasteiger partial charge in [0.25, 0.3) is 0 Å². The number of carbonyl (C=O) groups excluding carboxylic acids is 3. The van der Waals surface area contributed by atoms with E-state index in [0.717, 1.165) is 75.5 Å². The average Bonchev–Trinajstić information content (AvgIpc) is 3.31. The summed E-state index contributed by atoms with van der Waals surface area (Å²) in [5, 5.41) is 0. The van der Waals surface area contributed by atoms with E-state index in [0.29, 0.717) is 19.3 Å². The predicted octanol–water partition coefficient (Wildman–Crippen LogP) is 20.3. The highest BCUT2D eigenvalue weighted by molar-refractivity contribution is 5.71. The van der Waals surface area contributed by atoms with Gasteiger partial charge in [-0.1, -0.05) is 305 Å². The van der Waals surface area contributed by atoms with Crippen LogP contribution in [0.4, 0.5) is 0 Å². The van der Waals surface area contributed by atoms with Gasteiger partial charge in [-0.2, -0.15) is 0 Å². The summed E-state index contributed by atoms with van der Waals surface area (Å²) in [6, 6.07) is 0. The highest BCUT2D eigenvalue weighted by Crippen LogP contribution is 2.19. The van der Waals surface area contributed by atoms with Gasteiger partial charge in [0.2, 0.25) is 0 Å². The molecule has 0 radical (unpaired) electrons. The van der Waals surface area contributed by atoms with Crippen molar-refractivity contribution in [2.24, 2.45) is 17.8 Å². The molecule has 0 N–H and O–H groups in total. The normalized spacial score (nSPS) is 12.5. The van der Waals surface area contributed by atoms with Crippen molar-refractivity contribution in [1.29, 1.82) is 0 Å². The number of hydrogen-bond donors (Lipinski definition) is 0. The second-order valence-electron chi connectivity index (χ2n) is 22.5. The molecule has 0 fully saturated rings. The van der Waals surface area contributed by atoms with Gasteiger partial charge < -0.3 is 14.2 Å². The van der Waals surface area contributed by atoms with E-state index in [1.807, 2.05) is 0 Å². The van der Waals surface area contributed by atoms with E-state index >= 15 is 0 Å². The average molecular weight is 962 g/mol. The summed E-state index contributed by atoms with van der Waals surface area (Å²) in [5.41, 5.74) is 0. The summed E-state index contributed by atoms with van der Waals surface area (Å²) in [7, 11) is 0. The van der Waals surface area contributed by atoms with E-state index in [1.165, 1.54) is 225 Å². The Balaban J connectivity index is 4.26. The third-order valence-corrected chi connectivity index (χ3v) is 14.5. The molecule has 0 saturated carbocycles. The molecular formula is C62H120O6. The highest BCUT2D eigenvalue weighted by Gasteiger charge is 2.19. The van der Waals surface area contributed by atoms with E-state index in [1.54, 1.807) is 0 Å². The second kappa shape index (κ2) is 53.2. The number of esters is 3. The first-order valence-electron chi connectivity index (χ1n) is 30.6. The lowest BCUT2D eigenvalue weighted by Gasteiger charge is -2.18. The monoisotopic (exact) mass is 961 g/mol. The Labute approximate surface area is 425 Å². The minimum Gasteiger partial charge on any atom is -0.462 e. The van der Waals surface area contributed by atoms with Gasteiger partial charge in [-0.05, 0) is 37.0 Å². The van der Waals surface area contributed by atoms with Crippen LogP contribution in [0.5, 0.6) is 0 Å². The Kier molecular flexibility index (Phi) is 52.0. The SMILES string of the molecule is CCC(C)CCCCCCCCCCC(=O)OC[C@@H](COC(=O)CCCCCCCCCCCCCCCCC(C)C)OC(=O)CCCCCCCCCCCCCCCCCCCCC(C)C. The summed E-state index contributed by atoms with van der Waals surface area (Å²) in [5.74, 6) is 1.71. The minimum atomic E-state index is -0.764. The molecule has 0 saturated heterocycles. The molecule has 0 aromatic carbocycles. The van der Waals surface area contributed by atoms with Gasteiger partial charge in [0, 0.05) is 19.3 Å². The molecule has 0 aliphatic heterocycles. The van der Waals surface area contributed by atoms with Crippen molar-refractivity contribution in [1.82, 2.24) is 0 Å². The van der Waals surface area contributed by atoms with E-state index in [2.05, 4.69) is 41.5 Å². The summed E-state index contributed by atoms with van der Waals surface area (Å²) in [4.78, 5) is 38.2. The standard InChI is InChI=1S/C62H120O6/c1-7-58(6)50-44-38-32-28-29-34-40-46-52-61(64)67-55-59(54-66-60(63)51-45-39-33-26-22-18-15-14-17-21-25-31-37-43-49-57(4)5)68-62(65)53-47-41-35-27-23-19-13-11-9-8-10-12-16-20-24-30-36-42-48-56(2)3/h56-59H,7-55H2,1-6H3/t58?,59-/m1/s1. The van der Waals surface area contributed by atoms with Crippen LogP contribution in [0.25, 0.3) is 0 Å². The maximum atomic E-state index is 12.9. The van der Waals surface area contributed by atoms with Gasteiger partial charge in [-0.15, -0.1) is 0 Å². The summed E-state index contributed by atoms with van der Waals surface area (Å²) >= 11 is 0. The summed E-state index contributed by atoms with van der Waals surface area (Å²) < 4.78 is 16.9. The zero-order valence-corrected chi connectivity index (χ0v) is 46.9. The van der Waals surface area contributed by atoms with Crippen LogP contribution in [0.2, 0.25) is 0 Å². The zero-order chi connectivity index (χ0) is 49.8. The fourth-order valence-electron chi connectivity index (χ4n) is 9.50. The first kappa shape index (κ1) is 66.4. The third kappa shape index (κ3) is 53.8. The quantitative estimate of drug-likeness (QED) is 0.0343. The van der Waals surface area contributed by atoms with Gasteiger partial charge in [-0.3, -0.25) is 14.4 Å². The molecule has 6 heteroatoms. The molecular weight excluding hydrogens is 841 g/mol. The largest absolute Gasteiger partial charge is 0.462 e. The molecule has 6 nitrogen and oxygen atoms in total. The first-order chi connectivity index (χ1) is 33.1. The van der Waals surface area contributed by atoms with E-state index in [4.69, 9.17) is 14.2 Å². The Hall–Kier alpha value is -1.59. The number of unbranched alkanes of at least 4 members (excludes halogenated alkanes) is 37. The van der Waals surface area contributed by atoms with Crippen LogP contribution in [-0.4, -0.2) is 37.2 Å². The molecule has 0 heterocycles. The maximum absolute atomic E-state index is 12.9. The number of rotatable bonds is 55. The Bertz CT molecular complexity index is 1060. The first-order valence-corrected chi connectivity index (χ1v) is 30.6. The zero-order valence-electron chi connectivity index (χ0n) is 46.9. The predicted molar refractivity (Wildman–Crippen MR) is 293 cm³/mol. The van der Waals surface area contributed by atoms with Gasteiger partial charge in [0.05, 0.1) is 0 Å². The smallest absolute Gasteiger partial charge is 0.306 e. The lowest BCUT2D eigenvalue weighted by Crippen LogP contribution is -2.30. The van der Waals surface area contributed by atoms with Crippen molar-refractivity contribution in [3.8, 4) is 0 Å². The molecule has 0 aliphatic rings. The lowest BCUT2D eigenvalue weighted by molar-refractivity contribution is -0.167. The van der Waals surface area contributed by atoms with E-state index in [9.17, 15) is 14.4 Å². The van der Waals surface area contributed by atoms with Gasteiger partial charge in [-0.25, -0.2) is 0 Å². The molecule has 0 rings (SSSR count). The van der Waals surface area contributed by atoms with Crippen LogP contribution in [0, 0.1) is 17.8 Å². The third-order valence-electron chi connectivity index (χ3n) is 14.5. The van der Waals surface area contributed by atoms with Crippen molar-refractivity contribution in [3.05, 3.63) is 0 Å². The van der Waals surface area contributed by atoms with Crippen LogP contribution in [-0.2, 0) is 28.6 Å². The molecule has 0 bridgehead atoms. The van der Waals surface area contributed by atoms with Crippen LogP contribution in [0.15, 0.2) is 0 Å². The molecule has 404 valence electrons. The second-order valence-corrected chi connectivity index (χ2v) is 22.5. The fraction of sp³-hybridized carbons (Fsp3) is 0.952. The molecule has 0 aromatic rings. The molecule has 1 unspecified atom stereocenters. The maximum Gasteiger partial charge on any atom is 0.306 e. The minimum absolute atomic E-state index is 0.0634. The highest BCUT2D eigenvalue weighted by atomic mass is 16.6. The Morgan fingerprint density at radius 1 is 0.294 bits per heavy atom. The van der Waals surface area contributed by atoms with Crippen LogP contribution in [0.3, 0.4) is 0 Å². The lowest BCUT2D eigenvalue weighted by atomic mass is 9.99.